The summed E-state index contributed by atoms with van der Waals surface area (Å²) in [5, 5.41) is 0. The largest absolute Gasteiger partial charge is 0.377 e. The van der Waals surface area contributed by atoms with E-state index in [9.17, 15) is 0 Å². The molecule has 1 unspecified atom stereocenters. The molecule has 0 spiro atoms. The van der Waals surface area contributed by atoms with Crippen LogP contribution in [-0.4, -0.2) is 47.2 Å². The highest BCUT2D eigenvalue weighted by molar-refractivity contribution is 5.74. The highest BCUT2D eigenvalue weighted by atomic mass is 16.5. The van der Waals surface area contributed by atoms with Gasteiger partial charge in [-0.2, -0.15) is 0 Å². The highest BCUT2D eigenvalue weighted by Crippen LogP contribution is 2.28. The summed E-state index contributed by atoms with van der Waals surface area (Å²) < 4.78 is 5.87. The van der Waals surface area contributed by atoms with Gasteiger partial charge in [-0.05, 0) is 57.3 Å². The molecule has 1 atom stereocenters. The van der Waals surface area contributed by atoms with Gasteiger partial charge in [-0.15, -0.1) is 0 Å². The summed E-state index contributed by atoms with van der Waals surface area (Å²) >= 11 is 0. The van der Waals surface area contributed by atoms with E-state index in [2.05, 4.69) is 34.1 Å². The lowest BCUT2D eigenvalue weighted by Crippen LogP contribution is -2.40. The first-order valence-corrected chi connectivity index (χ1v) is 8.67. The quantitative estimate of drug-likeness (QED) is 0.945. The maximum atomic E-state index is 5.87. The van der Waals surface area contributed by atoms with Crippen LogP contribution in [0.25, 0.3) is 11.0 Å². The number of piperidine rings is 1. The number of hydrogen-bond donors (Lipinski definition) is 1. The zero-order chi connectivity index (χ0) is 14.8. The van der Waals surface area contributed by atoms with E-state index in [-0.39, 0.29) is 0 Å². The second kappa shape index (κ2) is 6.39. The number of hydrogen-bond acceptors (Lipinski definition) is 3. The number of nitrogens with zero attached hydrogens (tertiary/aromatic N) is 2. The number of rotatable bonds is 3. The van der Waals surface area contributed by atoms with E-state index < -0.39 is 0 Å². The molecule has 1 aromatic heterocycles. The van der Waals surface area contributed by atoms with Crippen LogP contribution in [0.2, 0.25) is 0 Å². The average molecular weight is 299 g/mol. The van der Waals surface area contributed by atoms with Crippen molar-refractivity contribution in [3.05, 3.63) is 30.1 Å². The summed E-state index contributed by atoms with van der Waals surface area (Å²) in [7, 11) is 0. The molecule has 2 aliphatic rings. The van der Waals surface area contributed by atoms with Crippen LogP contribution >= 0.6 is 0 Å². The Balaban J connectivity index is 1.35. The van der Waals surface area contributed by atoms with E-state index in [0.717, 1.165) is 24.2 Å². The minimum absolute atomic E-state index is 0.469. The van der Waals surface area contributed by atoms with Crippen molar-refractivity contribution in [1.29, 1.82) is 0 Å². The van der Waals surface area contributed by atoms with Gasteiger partial charge in [-0.1, -0.05) is 12.1 Å². The lowest BCUT2D eigenvalue weighted by Gasteiger charge is -2.34. The molecule has 4 nitrogen and oxygen atoms in total. The van der Waals surface area contributed by atoms with Gasteiger partial charge in [0.1, 0.15) is 5.82 Å². The Bertz CT molecular complexity index is 577. The summed E-state index contributed by atoms with van der Waals surface area (Å²) in [5.41, 5.74) is 2.26. The molecule has 2 aromatic rings. The van der Waals surface area contributed by atoms with E-state index in [0.29, 0.717) is 12.0 Å². The second-order valence-electron chi connectivity index (χ2n) is 6.70. The normalized spacial score (nSPS) is 24.8. The molecule has 1 N–H and O–H groups in total. The zero-order valence-electron chi connectivity index (χ0n) is 13.1. The van der Waals surface area contributed by atoms with Crippen LogP contribution in [0, 0.1) is 0 Å². The fraction of sp³-hybridized carbons (Fsp3) is 0.611. The minimum atomic E-state index is 0.469. The number of ether oxygens (including phenoxy) is 1. The first-order valence-electron chi connectivity index (χ1n) is 8.67. The molecule has 0 radical (unpaired) electrons. The van der Waals surface area contributed by atoms with Crippen LogP contribution in [-0.2, 0) is 4.74 Å². The smallest absolute Gasteiger partial charge is 0.110 e. The van der Waals surface area contributed by atoms with Crippen molar-refractivity contribution in [3.8, 4) is 0 Å². The number of benzene rings is 1. The molecule has 0 bridgehead atoms. The van der Waals surface area contributed by atoms with Crippen molar-refractivity contribution in [2.75, 3.05) is 26.2 Å². The predicted octanol–water partition coefficient (Wildman–Crippen LogP) is 3.31. The molecule has 4 heteroatoms. The van der Waals surface area contributed by atoms with Gasteiger partial charge in [-0.25, -0.2) is 4.98 Å². The number of likely N-dealkylation sites (tertiary alicyclic amines) is 1. The Labute approximate surface area is 131 Å². The number of H-pyrrole nitrogens is 1. The van der Waals surface area contributed by atoms with Gasteiger partial charge in [0.05, 0.1) is 17.1 Å². The minimum Gasteiger partial charge on any atom is -0.377 e. The summed E-state index contributed by atoms with van der Waals surface area (Å²) in [6.07, 6.45) is 6.68. The zero-order valence-corrected chi connectivity index (χ0v) is 13.1. The van der Waals surface area contributed by atoms with E-state index in [1.54, 1.807) is 0 Å². The monoisotopic (exact) mass is 299 g/mol. The topological polar surface area (TPSA) is 41.2 Å². The Kier molecular flexibility index (Phi) is 4.13. The van der Waals surface area contributed by atoms with Gasteiger partial charge in [-0.3, -0.25) is 0 Å². The molecular weight excluding hydrogens is 274 g/mol. The van der Waals surface area contributed by atoms with Crippen molar-refractivity contribution >= 4 is 11.0 Å². The van der Waals surface area contributed by atoms with Crippen LogP contribution in [0.1, 0.15) is 43.8 Å². The van der Waals surface area contributed by atoms with Crippen molar-refractivity contribution < 1.29 is 4.74 Å². The molecule has 0 saturated carbocycles. The van der Waals surface area contributed by atoms with E-state index in [1.807, 2.05) is 0 Å². The average Bonchev–Trinajstić information content (AvgIpc) is 3.00. The number of imidazole rings is 1. The number of aromatic nitrogens is 2. The molecule has 22 heavy (non-hydrogen) atoms. The van der Waals surface area contributed by atoms with Crippen LogP contribution in [0.15, 0.2) is 24.3 Å². The number of para-hydroxylation sites is 2. The van der Waals surface area contributed by atoms with Crippen molar-refractivity contribution in [2.45, 2.75) is 44.1 Å². The Morgan fingerprint density at radius 2 is 2.00 bits per heavy atom. The van der Waals surface area contributed by atoms with Gasteiger partial charge in [0.2, 0.25) is 0 Å². The lowest BCUT2D eigenvalue weighted by atomic mass is 9.95. The Morgan fingerprint density at radius 3 is 2.77 bits per heavy atom. The first kappa shape index (κ1) is 14.2. The van der Waals surface area contributed by atoms with Crippen molar-refractivity contribution in [3.63, 3.8) is 0 Å². The molecule has 3 heterocycles. The van der Waals surface area contributed by atoms with Crippen molar-refractivity contribution in [2.24, 2.45) is 0 Å². The molecule has 4 rings (SSSR count). The third-order valence-corrected chi connectivity index (χ3v) is 5.12. The Hall–Kier alpha value is -1.39. The molecule has 1 aromatic carbocycles. The van der Waals surface area contributed by atoms with Crippen molar-refractivity contribution in [1.82, 2.24) is 14.9 Å². The molecule has 2 saturated heterocycles. The van der Waals surface area contributed by atoms with E-state index >= 15 is 0 Å². The summed E-state index contributed by atoms with van der Waals surface area (Å²) in [5.74, 6) is 1.76. The lowest BCUT2D eigenvalue weighted by molar-refractivity contribution is -0.00960. The predicted molar refractivity (Wildman–Crippen MR) is 88.1 cm³/mol. The summed E-state index contributed by atoms with van der Waals surface area (Å²) in [6.45, 7) is 4.41. The van der Waals surface area contributed by atoms with E-state index in [4.69, 9.17) is 9.72 Å². The molecule has 0 amide bonds. The number of nitrogens with one attached hydrogen (secondary N) is 1. The Morgan fingerprint density at radius 1 is 1.14 bits per heavy atom. The fourth-order valence-corrected chi connectivity index (χ4v) is 3.79. The fourth-order valence-electron chi connectivity index (χ4n) is 3.79. The molecule has 2 aliphatic heterocycles. The van der Waals surface area contributed by atoms with Crippen LogP contribution in [0.5, 0.6) is 0 Å². The van der Waals surface area contributed by atoms with Gasteiger partial charge < -0.3 is 14.6 Å². The maximum absolute atomic E-state index is 5.87. The maximum Gasteiger partial charge on any atom is 0.110 e. The molecule has 0 aliphatic carbocycles. The number of fused-ring (bicyclic) bond motifs is 1. The first-order chi connectivity index (χ1) is 10.9. The highest BCUT2D eigenvalue weighted by Gasteiger charge is 2.25. The molecule has 2 fully saturated rings. The molecular formula is C18H25N3O. The van der Waals surface area contributed by atoms with Crippen LogP contribution in [0.4, 0.5) is 0 Å². The third-order valence-electron chi connectivity index (χ3n) is 5.12. The van der Waals surface area contributed by atoms with Crippen LogP contribution < -0.4 is 0 Å². The summed E-state index contributed by atoms with van der Waals surface area (Å²) in [6, 6.07) is 8.32. The standard InChI is InChI=1S/C18H25N3O/c1-2-7-17-16(6-1)19-18(20-17)14-8-10-21(11-9-14)13-15-5-3-4-12-22-15/h1-2,6-7,14-15H,3-5,8-13H2,(H,19,20). The second-order valence-corrected chi connectivity index (χ2v) is 6.70. The number of aromatic amines is 1. The SMILES string of the molecule is c1ccc2[nH]c(C3CCN(CC4CCCCO4)CC3)nc2c1. The van der Waals surface area contributed by atoms with Gasteiger partial charge in [0.25, 0.3) is 0 Å². The summed E-state index contributed by atoms with van der Waals surface area (Å²) in [4.78, 5) is 10.9. The third kappa shape index (κ3) is 3.03. The van der Waals surface area contributed by atoms with Crippen LogP contribution in [0.3, 0.4) is 0 Å². The van der Waals surface area contributed by atoms with Gasteiger partial charge in [0, 0.05) is 19.1 Å². The van der Waals surface area contributed by atoms with Gasteiger partial charge >= 0.3 is 0 Å². The molecule has 118 valence electrons. The van der Waals surface area contributed by atoms with Gasteiger partial charge in [0.15, 0.2) is 0 Å². The van der Waals surface area contributed by atoms with E-state index in [1.165, 1.54) is 51.0 Å².